The van der Waals surface area contributed by atoms with Gasteiger partial charge in [0.1, 0.15) is 0 Å². The van der Waals surface area contributed by atoms with E-state index in [9.17, 15) is 21.6 Å². The molecule has 9 heteroatoms. The Morgan fingerprint density at radius 1 is 1.26 bits per heavy atom. The van der Waals surface area contributed by atoms with Crippen molar-refractivity contribution in [3.8, 4) is 0 Å². The van der Waals surface area contributed by atoms with Gasteiger partial charge in [0, 0.05) is 10.0 Å². The average Bonchev–Trinajstić information content (AvgIpc) is 2.67. The molecule has 0 fully saturated rings. The molecule has 0 heterocycles. The molecule has 0 saturated carbocycles. The second kappa shape index (κ2) is 4.78. The van der Waals surface area contributed by atoms with Gasteiger partial charge in [0.15, 0.2) is 0 Å². The molecule has 4 nitrogen and oxygen atoms in total. The Balaban J connectivity index is 2.26. The van der Waals surface area contributed by atoms with Crippen molar-refractivity contribution in [2.24, 2.45) is 5.16 Å². The van der Waals surface area contributed by atoms with E-state index in [1.54, 1.807) is 18.2 Å². The van der Waals surface area contributed by atoms with E-state index in [2.05, 4.69) is 25.4 Å². The maximum Gasteiger partial charge on any atom is 0.536 e. The quantitative estimate of drug-likeness (QED) is 0.603. The summed E-state index contributed by atoms with van der Waals surface area (Å²) in [6.07, 6.45) is 0.905. The molecule has 0 N–H and O–H groups in total. The normalized spacial score (nSPS) is 17.6. The number of aryl methyl sites for hydroxylation is 1. The van der Waals surface area contributed by atoms with E-state index in [-0.39, 0.29) is 5.71 Å². The lowest BCUT2D eigenvalue weighted by atomic mass is 10.1. The van der Waals surface area contributed by atoms with Crippen LogP contribution in [-0.4, -0.2) is 19.6 Å². The van der Waals surface area contributed by atoms with Crippen LogP contribution in [0.1, 0.15) is 17.5 Å². The molecule has 1 aromatic carbocycles. The summed E-state index contributed by atoms with van der Waals surface area (Å²) >= 11 is 3.27. The van der Waals surface area contributed by atoms with Gasteiger partial charge >= 0.3 is 15.6 Å². The number of nitrogens with zero attached hydrogens (tertiary/aromatic N) is 1. The van der Waals surface area contributed by atoms with E-state index in [1.807, 2.05) is 0 Å². The standard InChI is InChI=1S/C10H7BrF3NO3S/c11-7-2-3-8-6(5-7)1-4-9(8)15-18-19(16,17)10(12,13)14/h2-3,5H,1,4H2. The van der Waals surface area contributed by atoms with Crippen molar-refractivity contribution in [2.45, 2.75) is 18.3 Å². The largest absolute Gasteiger partial charge is 0.536 e. The molecule has 0 saturated heterocycles. The van der Waals surface area contributed by atoms with E-state index >= 15 is 0 Å². The minimum absolute atomic E-state index is 0.190. The first-order valence-corrected chi connectivity index (χ1v) is 7.26. The minimum Gasteiger partial charge on any atom is -0.262 e. The Kier molecular flexibility index (Phi) is 3.61. The maximum absolute atomic E-state index is 12.1. The molecule has 0 amide bonds. The summed E-state index contributed by atoms with van der Waals surface area (Å²) in [6, 6.07) is 5.14. The smallest absolute Gasteiger partial charge is 0.262 e. The Morgan fingerprint density at radius 3 is 2.58 bits per heavy atom. The molecule has 0 bridgehead atoms. The fourth-order valence-electron chi connectivity index (χ4n) is 1.67. The summed E-state index contributed by atoms with van der Waals surface area (Å²) in [5, 5.41) is 3.13. The second-order valence-electron chi connectivity index (χ2n) is 3.81. The molecule has 1 aliphatic rings. The van der Waals surface area contributed by atoms with Crippen LogP contribution in [0, 0.1) is 0 Å². The second-order valence-corrected chi connectivity index (χ2v) is 6.25. The molecule has 0 atom stereocenters. The molecule has 0 radical (unpaired) electrons. The van der Waals surface area contributed by atoms with Crippen LogP contribution in [0.3, 0.4) is 0 Å². The lowest BCUT2D eigenvalue weighted by Crippen LogP contribution is -2.24. The summed E-state index contributed by atoms with van der Waals surface area (Å²) in [7, 11) is -5.69. The minimum atomic E-state index is -5.69. The number of benzene rings is 1. The van der Waals surface area contributed by atoms with Gasteiger partial charge in [-0.2, -0.15) is 21.6 Å². The van der Waals surface area contributed by atoms with Gasteiger partial charge in [-0.05, 0) is 30.5 Å². The van der Waals surface area contributed by atoms with Crippen molar-refractivity contribution in [1.29, 1.82) is 0 Å². The number of hydrogen-bond acceptors (Lipinski definition) is 4. The highest BCUT2D eigenvalue weighted by molar-refractivity contribution is 9.10. The van der Waals surface area contributed by atoms with Gasteiger partial charge in [-0.3, -0.25) is 4.28 Å². The monoisotopic (exact) mass is 357 g/mol. The lowest BCUT2D eigenvalue weighted by molar-refractivity contribution is -0.0540. The Hall–Kier alpha value is -1.09. The molecule has 19 heavy (non-hydrogen) atoms. The summed E-state index contributed by atoms with van der Waals surface area (Å²) in [4.78, 5) is 0. The molecule has 2 rings (SSSR count). The predicted molar refractivity (Wildman–Crippen MR) is 65.1 cm³/mol. The number of rotatable bonds is 2. The van der Waals surface area contributed by atoms with Crippen LogP contribution in [0.4, 0.5) is 13.2 Å². The van der Waals surface area contributed by atoms with Gasteiger partial charge in [-0.1, -0.05) is 27.2 Å². The van der Waals surface area contributed by atoms with E-state index < -0.39 is 15.6 Å². The first kappa shape index (κ1) is 14.3. The zero-order chi connectivity index (χ0) is 14.3. The summed E-state index contributed by atoms with van der Waals surface area (Å²) < 4.78 is 62.1. The summed E-state index contributed by atoms with van der Waals surface area (Å²) in [5.41, 5.74) is -3.81. The van der Waals surface area contributed by atoms with Crippen LogP contribution >= 0.6 is 15.9 Å². The zero-order valence-corrected chi connectivity index (χ0v) is 11.6. The number of hydrogen-bond donors (Lipinski definition) is 0. The van der Waals surface area contributed by atoms with Gasteiger partial charge in [0.05, 0.1) is 5.71 Å². The average molecular weight is 358 g/mol. The zero-order valence-electron chi connectivity index (χ0n) is 9.24. The van der Waals surface area contributed by atoms with Gasteiger partial charge in [0.2, 0.25) is 0 Å². The number of alkyl halides is 3. The Morgan fingerprint density at radius 2 is 1.95 bits per heavy atom. The molecule has 0 unspecified atom stereocenters. The number of oxime groups is 1. The maximum atomic E-state index is 12.1. The van der Waals surface area contributed by atoms with Gasteiger partial charge in [-0.15, -0.1) is 0 Å². The highest BCUT2D eigenvalue weighted by Crippen LogP contribution is 2.28. The molecular formula is C10H7BrF3NO3S. The van der Waals surface area contributed by atoms with Crippen molar-refractivity contribution >= 4 is 31.8 Å². The number of halogens is 4. The third-order valence-electron chi connectivity index (χ3n) is 2.54. The molecule has 1 aliphatic carbocycles. The molecular weight excluding hydrogens is 351 g/mol. The van der Waals surface area contributed by atoms with Crippen molar-refractivity contribution in [3.63, 3.8) is 0 Å². The molecule has 0 spiro atoms. The van der Waals surface area contributed by atoms with E-state index in [0.717, 1.165) is 10.0 Å². The highest BCUT2D eigenvalue weighted by atomic mass is 79.9. The fraction of sp³-hybridized carbons (Fsp3) is 0.300. The molecule has 1 aromatic rings. The van der Waals surface area contributed by atoms with Crippen molar-refractivity contribution in [1.82, 2.24) is 0 Å². The summed E-state index contributed by atoms with van der Waals surface area (Å²) in [6.45, 7) is 0. The first-order chi connectivity index (χ1) is 8.71. The lowest BCUT2D eigenvalue weighted by Gasteiger charge is -2.05. The third-order valence-corrected chi connectivity index (χ3v) is 3.87. The Bertz CT molecular complexity index is 640. The summed E-state index contributed by atoms with van der Waals surface area (Å²) in [5.74, 6) is 0. The van der Waals surface area contributed by atoms with Gasteiger partial charge in [0.25, 0.3) is 0 Å². The van der Waals surface area contributed by atoms with Gasteiger partial charge < -0.3 is 0 Å². The fourth-order valence-corrected chi connectivity index (χ4v) is 2.35. The highest BCUT2D eigenvalue weighted by Gasteiger charge is 2.49. The van der Waals surface area contributed by atoms with E-state index in [4.69, 9.17) is 0 Å². The van der Waals surface area contributed by atoms with Crippen LogP contribution in [0.15, 0.2) is 27.8 Å². The van der Waals surface area contributed by atoms with Crippen molar-refractivity contribution in [2.75, 3.05) is 0 Å². The van der Waals surface area contributed by atoms with Crippen LogP contribution in [-0.2, 0) is 20.8 Å². The van der Waals surface area contributed by atoms with E-state index in [0.29, 0.717) is 18.4 Å². The molecule has 104 valence electrons. The Labute approximate surface area is 115 Å². The van der Waals surface area contributed by atoms with Crippen LogP contribution in [0.5, 0.6) is 0 Å². The topological polar surface area (TPSA) is 55.7 Å². The SMILES string of the molecule is O=S(=O)(ON=C1CCc2cc(Br)ccc21)C(F)(F)F. The van der Waals surface area contributed by atoms with Gasteiger partial charge in [-0.25, -0.2) is 0 Å². The third kappa shape index (κ3) is 2.92. The first-order valence-electron chi connectivity index (χ1n) is 5.06. The predicted octanol–water partition coefficient (Wildman–Crippen LogP) is 2.97. The van der Waals surface area contributed by atoms with Crippen LogP contribution in [0.25, 0.3) is 0 Å². The van der Waals surface area contributed by atoms with Crippen molar-refractivity contribution < 1.29 is 25.9 Å². The molecule has 0 aliphatic heterocycles. The van der Waals surface area contributed by atoms with Crippen LogP contribution < -0.4 is 0 Å². The van der Waals surface area contributed by atoms with E-state index in [1.165, 1.54) is 0 Å². The number of fused-ring (bicyclic) bond motifs is 1. The van der Waals surface area contributed by atoms with Crippen molar-refractivity contribution in [3.05, 3.63) is 33.8 Å². The van der Waals surface area contributed by atoms with Crippen LogP contribution in [0.2, 0.25) is 0 Å². The molecule has 0 aromatic heterocycles.